The molecule has 0 aromatic rings. The maximum absolute atomic E-state index is 10.1. The van der Waals surface area contributed by atoms with E-state index < -0.39 is 12.0 Å². The second-order valence-corrected chi connectivity index (χ2v) is 2.23. The predicted octanol–water partition coefficient (Wildman–Crippen LogP) is -0.475. The summed E-state index contributed by atoms with van der Waals surface area (Å²) in [6.07, 6.45) is 2.16. The van der Waals surface area contributed by atoms with Gasteiger partial charge in [-0.2, -0.15) is 0 Å². The van der Waals surface area contributed by atoms with Gasteiger partial charge in [-0.05, 0) is 19.4 Å². The molecule has 0 bridgehead atoms. The molecule has 0 rings (SSSR count). The number of carboxylic acids is 1. The van der Waals surface area contributed by atoms with Crippen molar-refractivity contribution in [3.8, 4) is 0 Å². The summed E-state index contributed by atoms with van der Waals surface area (Å²) < 4.78 is 0. The minimum atomic E-state index is -0.933. The van der Waals surface area contributed by atoms with Gasteiger partial charge in [0.15, 0.2) is 0 Å². The van der Waals surface area contributed by atoms with Crippen molar-refractivity contribution in [3.63, 3.8) is 0 Å². The maximum Gasteiger partial charge on any atom is 0.320 e. The summed E-state index contributed by atoms with van der Waals surface area (Å²) in [5, 5.41) is 8.33. The number of nitrogens with two attached hydrogens (primary N) is 2. The maximum atomic E-state index is 10.1. The second-order valence-electron chi connectivity index (χ2n) is 2.23. The molecule has 0 saturated carbocycles. The molecule has 11 heavy (non-hydrogen) atoms. The first-order valence-corrected chi connectivity index (χ1v) is 3.37. The summed E-state index contributed by atoms with van der Waals surface area (Å²) in [4.78, 5) is 10.1. The smallest absolute Gasteiger partial charge is 0.320 e. The van der Waals surface area contributed by atoms with Gasteiger partial charge in [0.05, 0.1) is 0 Å². The topological polar surface area (TPSA) is 89.3 Å². The van der Waals surface area contributed by atoms with E-state index in [-0.39, 0.29) is 19.5 Å². The van der Waals surface area contributed by atoms with Gasteiger partial charge in [-0.1, -0.05) is 6.42 Å². The van der Waals surface area contributed by atoms with Crippen molar-refractivity contribution in [1.82, 2.24) is 0 Å². The van der Waals surface area contributed by atoms with Crippen LogP contribution in [0.1, 0.15) is 19.3 Å². The fourth-order valence-corrected chi connectivity index (χ4v) is 0.632. The molecule has 0 aliphatic carbocycles. The summed E-state index contributed by atoms with van der Waals surface area (Å²) in [6, 6.07) is -0.716. The first-order chi connectivity index (χ1) is 4.68. The van der Waals surface area contributed by atoms with Crippen molar-refractivity contribution in [3.05, 3.63) is 0 Å². The molecule has 0 aromatic carbocycles. The standard InChI is InChI=1S/C6H14N2O2.Zn/c7-4-2-1-3-5(8)6(9)10;/h5H,1-4,7-8H2,(H,9,10);. The molecule has 5 heteroatoms. The van der Waals surface area contributed by atoms with Gasteiger partial charge in [-0.3, -0.25) is 4.79 Å². The number of unbranched alkanes of at least 4 members (excludes halogenated alkanes) is 1. The fourth-order valence-electron chi connectivity index (χ4n) is 0.632. The Morgan fingerprint density at radius 1 is 1.45 bits per heavy atom. The average Bonchev–Trinajstić information content (AvgIpc) is 1.88. The zero-order valence-electron chi connectivity index (χ0n) is 6.62. The Bertz CT molecular complexity index is 111. The Morgan fingerprint density at radius 2 is 2.00 bits per heavy atom. The average molecular weight is 212 g/mol. The van der Waals surface area contributed by atoms with E-state index in [2.05, 4.69) is 0 Å². The molecule has 1 atom stereocenters. The number of hydrogen-bond donors (Lipinski definition) is 3. The Kier molecular flexibility index (Phi) is 10.0. The van der Waals surface area contributed by atoms with Crippen molar-refractivity contribution in [2.24, 2.45) is 11.5 Å². The number of carbonyl (C=O) groups is 1. The Labute approximate surface area is 79.1 Å². The zero-order valence-corrected chi connectivity index (χ0v) is 9.59. The van der Waals surface area contributed by atoms with Gasteiger partial charge >= 0.3 is 5.97 Å². The van der Waals surface area contributed by atoms with Crippen LogP contribution in [0.3, 0.4) is 0 Å². The van der Waals surface area contributed by atoms with E-state index >= 15 is 0 Å². The largest absolute Gasteiger partial charge is 0.480 e. The van der Waals surface area contributed by atoms with Gasteiger partial charge < -0.3 is 16.6 Å². The molecule has 0 heterocycles. The minimum absolute atomic E-state index is 0. The summed E-state index contributed by atoms with van der Waals surface area (Å²) in [5.41, 5.74) is 10.4. The third-order valence-electron chi connectivity index (χ3n) is 1.29. The van der Waals surface area contributed by atoms with Gasteiger partial charge in [-0.25, -0.2) is 0 Å². The molecule has 1 unspecified atom stereocenters. The molecule has 0 saturated heterocycles. The molecule has 0 spiro atoms. The number of carboxylic acid groups (broad SMARTS) is 1. The van der Waals surface area contributed by atoms with E-state index in [1.807, 2.05) is 0 Å². The normalized spacial score (nSPS) is 11.8. The van der Waals surface area contributed by atoms with E-state index in [1.165, 1.54) is 0 Å². The van der Waals surface area contributed by atoms with Crippen LogP contribution in [0.4, 0.5) is 0 Å². The van der Waals surface area contributed by atoms with Gasteiger partial charge in [0.25, 0.3) is 0 Å². The zero-order chi connectivity index (χ0) is 7.98. The summed E-state index contributed by atoms with van der Waals surface area (Å²) >= 11 is 0. The van der Waals surface area contributed by atoms with Crippen LogP contribution in [0.2, 0.25) is 0 Å². The van der Waals surface area contributed by atoms with Crippen LogP contribution in [0.15, 0.2) is 0 Å². The summed E-state index contributed by atoms with van der Waals surface area (Å²) in [7, 11) is 0. The SMILES string of the molecule is NCCCCC(N)C(=O)O.[Zn]. The third kappa shape index (κ3) is 7.91. The van der Waals surface area contributed by atoms with Crippen LogP contribution in [0, 0.1) is 0 Å². The van der Waals surface area contributed by atoms with E-state index in [1.54, 1.807) is 0 Å². The molecular weight excluding hydrogens is 197 g/mol. The summed E-state index contributed by atoms with van der Waals surface area (Å²) in [6.45, 7) is 0.604. The molecule has 0 radical (unpaired) electrons. The number of hydrogen-bond acceptors (Lipinski definition) is 3. The molecule has 0 aromatic heterocycles. The Hall–Kier alpha value is 0.0134. The van der Waals surface area contributed by atoms with E-state index in [0.29, 0.717) is 13.0 Å². The molecule has 0 amide bonds. The van der Waals surface area contributed by atoms with E-state index in [0.717, 1.165) is 12.8 Å². The van der Waals surface area contributed by atoms with Crippen molar-refractivity contribution >= 4 is 5.97 Å². The Balaban J connectivity index is 0. The molecule has 0 aliphatic heterocycles. The quantitative estimate of drug-likeness (QED) is 0.424. The van der Waals surface area contributed by atoms with Gasteiger partial charge in [0.1, 0.15) is 6.04 Å². The predicted molar refractivity (Wildman–Crippen MR) is 38.5 cm³/mol. The second kappa shape index (κ2) is 8.11. The monoisotopic (exact) mass is 210 g/mol. The van der Waals surface area contributed by atoms with Crippen molar-refractivity contribution < 1.29 is 29.4 Å². The van der Waals surface area contributed by atoms with E-state index in [9.17, 15) is 4.79 Å². The summed E-state index contributed by atoms with van der Waals surface area (Å²) in [5.74, 6) is -0.933. The number of aliphatic carboxylic acids is 1. The molecule has 4 nitrogen and oxygen atoms in total. The molecule has 0 aliphatic rings. The van der Waals surface area contributed by atoms with Crippen LogP contribution in [-0.2, 0) is 24.3 Å². The van der Waals surface area contributed by atoms with Crippen LogP contribution >= 0.6 is 0 Å². The Morgan fingerprint density at radius 3 is 2.36 bits per heavy atom. The van der Waals surface area contributed by atoms with E-state index in [4.69, 9.17) is 16.6 Å². The van der Waals surface area contributed by atoms with Crippen molar-refractivity contribution in [2.45, 2.75) is 25.3 Å². The fraction of sp³-hybridized carbons (Fsp3) is 0.833. The van der Waals surface area contributed by atoms with Crippen LogP contribution < -0.4 is 11.5 Å². The van der Waals surface area contributed by atoms with Crippen LogP contribution in [0.25, 0.3) is 0 Å². The van der Waals surface area contributed by atoms with Gasteiger partial charge in [0, 0.05) is 19.5 Å². The molecule has 62 valence electrons. The van der Waals surface area contributed by atoms with Crippen molar-refractivity contribution in [1.29, 1.82) is 0 Å². The van der Waals surface area contributed by atoms with Gasteiger partial charge in [0.2, 0.25) is 0 Å². The molecule has 5 N–H and O–H groups in total. The third-order valence-corrected chi connectivity index (χ3v) is 1.29. The first-order valence-electron chi connectivity index (χ1n) is 3.37. The van der Waals surface area contributed by atoms with Crippen LogP contribution in [-0.4, -0.2) is 23.7 Å². The first kappa shape index (κ1) is 13.6. The molecule has 0 fully saturated rings. The van der Waals surface area contributed by atoms with Crippen molar-refractivity contribution in [2.75, 3.05) is 6.54 Å². The minimum Gasteiger partial charge on any atom is -0.480 e. The molecular formula is C6H14N2O2Zn. The number of rotatable bonds is 5. The van der Waals surface area contributed by atoms with Crippen LogP contribution in [0.5, 0.6) is 0 Å². The van der Waals surface area contributed by atoms with Gasteiger partial charge in [-0.15, -0.1) is 0 Å².